The third-order valence-electron chi connectivity index (χ3n) is 11.3. The zero-order valence-electron chi connectivity index (χ0n) is 34.8. The molecular weight excluding hydrogens is 737 g/mol. The van der Waals surface area contributed by atoms with Crippen molar-refractivity contribution in [2.24, 2.45) is 0 Å². The number of benzene rings is 6. The van der Waals surface area contributed by atoms with Crippen LogP contribution in [0.3, 0.4) is 0 Å². The van der Waals surface area contributed by atoms with Crippen LogP contribution in [0.25, 0.3) is 87.3 Å². The van der Waals surface area contributed by atoms with Gasteiger partial charge in [0.05, 0.1) is 17.1 Å². The number of phenols is 1. The van der Waals surface area contributed by atoms with Crippen molar-refractivity contribution in [3.63, 3.8) is 0 Å². The number of pyridine rings is 2. The van der Waals surface area contributed by atoms with E-state index in [2.05, 4.69) is 176 Å². The number of aromatic nitrogens is 2. The van der Waals surface area contributed by atoms with Gasteiger partial charge in [0, 0.05) is 42.6 Å². The van der Waals surface area contributed by atoms with Crippen LogP contribution in [-0.2, 0) is 10.8 Å². The van der Waals surface area contributed by atoms with Gasteiger partial charge >= 0.3 is 0 Å². The van der Waals surface area contributed by atoms with E-state index >= 15 is 0 Å². The molecule has 0 aliphatic carbocycles. The minimum atomic E-state index is -0.0449. The molecule has 9 aromatic rings. The van der Waals surface area contributed by atoms with Crippen molar-refractivity contribution in [1.82, 2.24) is 9.97 Å². The fourth-order valence-corrected chi connectivity index (χ4v) is 9.22. The molecule has 0 unspecified atom stereocenters. The first kappa shape index (κ1) is 38.2. The molecular formula is C55H48N2OS. The molecule has 0 fully saturated rings. The number of phenolic OH excluding ortho intramolecular Hbond substituents is 1. The first-order valence-corrected chi connectivity index (χ1v) is 21.2. The fourth-order valence-electron chi connectivity index (χ4n) is 7.99. The second-order valence-electron chi connectivity index (χ2n) is 17.8. The molecule has 3 aromatic heterocycles. The van der Waals surface area contributed by atoms with E-state index in [1.807, 2.05) is 41.7 Å². The molecule has 6 aromatic carbocycles. The van der Waals surface area contributed by atoms with E-state index in [0.717, 1.165) is 56.0 Å². The molecule has 290 valence electrons. The zero-order chi connectivity index (χ0) is 41.1. The first-order valence-electron chi connectivity index (χ1n) is 20.4. The molecule has 0 amide bonds. The van der Waals surface area contributed by atoms with E-state index in [-0.39, 0.29) is 16.6 Å². The number of hydrogen-bond donors (Lipinski definition) is 1. The fraction of sp³-hybridized carbons (Fsp3) is 0.164. The van der Waals surface area contributed by atoms with Crippen molar-refractivity contribution in [2.75, 3.05) is 0 Å². The van der Waals surface area contributed by atoms with Crippen molar-refractivity contribution in [3.05, 3.63) is 175 Å². The number of aryl methyl sites for hydroxylation is 1. The summed E-state index contributed by atoms with van der Waals surface area (Å²) in [4.78, 5) is 10.4. The topological polar surface area (TPSA) is 46.0 Å². The maximum Gasteiger partial charge on any atom is 0.125 e. The van der Waals surface area contributed by atoms with Gasteiger partial charge in [-0.05, 0) is 111 Å². The molecule has 9 rings (SSSR count). The monoisotopic (exact) mass is 784 g/mol. The Kier molecular flexibility index (Phi) is 9.57. The highest BCUT2D eigenvalue weighted by molar-refractivity contribution is 7.26. The van der Waals surface area contributed by atoms with Crippen molar-refractivity contribution in [2.45, 2.75) is 59.3 Å². The van der Waals surface area contributed by atoms with Gasteiger partial charge < -0.3 is 5.11 Å². The van der Waals surface area contributed by atoms with Gasteiger partial charge in [0.1, 0.15) is 5.75 Å². The third-order valence-corrected chi connectivity index (χ3v) is 12.5. The number of nitrogens with zero attached hydrogens (tertiary/aromatic N) is 2. The largest absolute Gasteiger partial charge is 0.507 e. The smallest absolute Gasteiger partial charge is 0.125 e. The maximum atomic E-state index is 11.6. The second-order valence-corrected chi connectivity index (χ2v) is 18.8. The van der Waals surface area contributed by atoms with Crippen LogP contribution in [0.15, 0.2) is 158 Å². The van der Waals surface area contributed by atoms with E-state index in [9.17, 15) is 5.11 Å². The molecule has 0 saturated carbocycles. The Morgan fingerprint density at radius 3 is 1.73 bits per heavy atom. The second kappa shape index (κ2) is 14.8. The molecule has 59 heavy (non-hydrogen) atoms. The Labute approximate surface area is 351 Å². The third kappa shape index (κ3) is 7.57. The lowest BCUT2D eigenvalue weighted by atomic mass is 9.79. The van der Waals surface area contributed by atoms with Crippen molar-refractivity contribution < 1.29 is 5.11 Å². The van der Waals surface area contributed by atoms with Crippen LogP contribution in [-0.4, -0.2) is 15.1 Å². The van der Waals surface area contributed by atoms with E-state index in [1.165, 1.54) is 36.9 Å². The lowest BCUT2D eigenvalue weighted by Crippen LogP contribution is -2.16. The summed E-state index contributed by atoms with van der Waals surface area (Å²) in [6, 6.07) is 55.6. The Hall–Kier alpha value is -6.36. The summed E-state index contributed by atoms with van der Waals surface area (Å²) in [5.74, 6) is 0.194. The Morgan fingerprint density at radius 2 is 1.02 bits per heavy atom. The summed E-state index contributed by atoms with van der Waals surface area (Å²) >= 11 is 1.85. The number of aromatic hydroxyl groups is 1. The van der Waals surface area contributed by atoms with Crippen molar-refractivity contribution >= 4 is 31.5 Å². The van der Waals surface area contributed by atoms with Gasteiger partial charge in [0.2, 0.25) is 0 Å². The average molecular weight is 785 g/mol. The zero-order valence-corrected chi connectivity index (χ0v) is 35.6. The lowest BCUT2D eigenvalue weighted by molar-refractivity contribution is 0.477. The Morgan fingerprint density at radius 1 is 0.424 bits per heavy atom. The van der Waals surface area contributed by atoms with Crippen LogP contribution >= 0.6 is 11.3 Å². The highest BCUT2D eigenvalue weighted by Crippen LogP contribution is 2.42. The Bertz CT molecular complexity index is 3000. The molecule has 3 heterocycles. The molecule has 0 bridgehead atoms. The minimum absolute atomic E-state index is 0.0449. The number of thiophene rings is 1. The molecule has 0 aliphatic rings. The highest BCUT2D eigenvalue weighted by Gasteiger charge is 2.22. The predicted octanol–water partition coefficient (Wildman–Crippen LogP) is 15.5. The summed E-state index contributed by atoms with van der Waals surface area (Å²) in [5.41, 5.74) is 15.1. The summed E-state index contributed by atoms with van der Waals surface area (Å²) in [6.45, 7) is 15.7. The highest BCUT2D eigenvalue weighted by atomic mass is 32.1. The van der Waals surface area contributed by atoms with Crippen LogP contribution in [0.4, 0.5) is 0 Å². The maximum absolute atomic E-state index is 11.6. The molecule has 0 spiro atoms. The lowest BCUT2D eigenvalue weighted by Gasteiger charge is -2.26. The Balaban J connectivity index is 1.19. The van der Waals surface area contributed by atoms with Crippen LogP contribution in [0.5, 0.6) is 5.75 Å². The predicted molar refractivity (Wildman–Crippen MR) is 251 cm³/mol. The number of fused-ring (bicyclic) bond motifs is 3. The van der Waals surface area contributed by atoms with E-state index in [1.54, 1.807) is 0 Å². The first-order chi connectivity index (χ1) is 28.3. The standard InChI is InChI=1S/C55H48N2OS/c1-34-25-41(44-20-14-21-46-45-19-11-12-22-52(45)59-53(44)46)31-48(56-34)37-17-13-18-38(26-37)49-29-40(39-27-42(54(2,3)4)33-43(28-39)55(5,6)7)30-50(57-49)47-24-23-36(32-51(47)58)35-15-9-8-10-16-35/h8-33,58H,1-7H3. The van der Waals surface area contributed by atoms with Crippen LogP contribution in [0, 0.1) is 6.92 Å². The normalized spacial score (nSPS) is 12.1. The summed E-state index contributed by atoms with van der Waals surface area (Å²) in [7, 11) is 0. The van der Waals surface area contributed by atoms with E-state index < -0.39 is 0 Å². The average Bonchev–Trinajstić information content (AvgIpc) is 3.62. The minimum Gasteiger partial charge on any atom is -0.507 e. The van der Waals surface area contributed by atoms with Gasteiger partial charge in [-0.2, -0.15) is 0 Å². The van der Waals surface area contributed by atoms with Gasteiger partial charge in [-0.25, -0.2) is 4.98 Å². The van der Waals surface area contributed by atoms with E-state index in [4.69, 9.17) is 9.97 Å². The van der Waals surface area contributed by atoms with Crippen molar-refractivity contribution in [3.8, 4) is 72.9 Å². The van der Waals surface area contributed by atoms with E-state index in [0.29, 0.717) is 11.3 Å². The number of rotatable bonds is 6. The molecule has 0 aliphatic heterocycles. The summed E-state index contributed by atoms with van der Waals surface area (Å²) in [6.07, 6.45) is 0. The van der Waals surface area contributed by atoms with Gasteiger partial charge in [-0.3, -0.25) is 4.98 Å². The molecule has 0 atom stereocenters. The van der Waals surface area contributed by atoms with Gasteiger partial charge in [0.25, 0.3) is 0 Å². The van der Waals surface area contributed by atoms with Crippen LogP contribution in [0.1, 0.15) is 58.4 Å². The van der Waals surface area contributed by atoms with Crippen LogP contribution in [0.2, 0.25) is 0 Å². The SMILES string of the molecule is Cc1cc(-c2cccc3c2sc2ccccc23)cc(-c2cccc(-c3cc(-c4cc(C(C)(C)C)cc(C(C)(C)C)c4)cc(-c4ccc(-c5ccccc5)cc4O)n3)c2)n1. The van der Waals surface area contributed by atoms with Gasteiger partial charge in [-0.15, -0.1) is 11.3 Å². The van der Waals surface area contributed by atoms with Crippen molar-refractivity contribution in [1.29, 1.82) is 0 Å². The molecule has 0 saturated heterocycles. The molecule has 0 radical (unpaired) electrons. The number of hydrogen-bond acceptors (Lipinski definition) is 4. The van der Waals surface area contributed by atoms with Gasteiger partial charge in [-0.1, -0.05) is 151 Å². The molecule has 4 heteroatoms. The summed E-state index contributed by atoms with van der Waals surface area (Å²) < 4.78 is 2.58. The summed E-state index contributed by atoms with van der Waals surface area (Å²) in [5, 5.41) is 14.2. The molecule has 1 N–H and O–H groups in total. The van der Waals surface area contributed by atoms with Gasteiger partial charge in [0.15, 0.2) is 0 Å². The molecule has 3 nitrogen and oxygen atoms in total. The van der Waals surface area contributed by atoms with Crippen LogP contribution < -0.4 is 0 Å². The quantitative estimate of drug-likeness (QED) is 0.183.